The Labute approximate surface area is 226 Å². The molecule has 0 unspecified atom stereocenters. The summed E-state index contributed by atoms with van der Waals surface area (Å²) < 4.78 is 5.35. The van der Waals surface area contributed by atoms with E-state index in [0.717, 1.165) is 47.5 Å². The van der Waals surface area contributed by atoms with Crippen molar-refractivity contribution in [1.29, 1.82) is 0 Å². The maximum Gasteiger partial charge on any atom is 0.306 e. The summed E-state index contributed by atoms with van der Waals surface area (Å²) in [7, 11) is 0. The van der Waals surface area contributed by atoms with Crippen molar-refractivity contribution in [1.82, 2.24) is 20.4 Å². The third kappa shape index (κ3) is 10.7. The quantitative estimate of drug-likeness (QED) is 0.257. The minimum absolute atomic E-state index is 0.160. The first-order valence-electron chi connectivity index (χ1n) is 12.6. The molecule has 0 bridgehead atoms. The van der Waals surface area contributed by atoms with Crippen molar-refractivity contribution in [2.45, 2.75) is 78.2 Å². The van der Waals surface area contributed by atoms with Gasteiger partial charge in [0.05, 0.1) is 12.1 Å². The fraction of sp³-hybridized carbons (Fsp3) is 0.444. The lowest BCUT2D eigenvalue weighted by molar-refractivity contribution is -0.154. The average molecular weight is 539 g/mol. The minimum Gasteiger partial charge on any atom is -0.460 e. The molecule has 0 atom stereocenters. The average Bonchev–Trinajstić information content (AvgIpc) is 3.27. The van der Waals surface area contributed by atoms with Crippen molar-refractivity contribution in [3.63, 3.8) is 0 Å². The molecule has 0 aliphatic heterocycles. The minimum atomic E-state index is -0.501. The van der Waals surface area contributed by atoms with E-state index < -0.39 is 5.60 Å². The lowest BCUT2D eigenvalue weighted by Crippen LogP contribution is -2.24. The van der Waals surface area contributed by atoms with Crippen molar-refractivity contribution in [2.24, 2.45) is 0 Å². The number of nitrogens with zero attached hydrogens (tertiary/aromatic N) is 4. The summed E-state index contributed by atoms with van der Waals surface area (Å²) in [4.78, 5) is 35.6. The normalized spacial score (nSPS) is 11.2. The number of aryl methyl sites for hydroxylation is 3. The largest absolute Gasteiger partial charge is 0.460 e. The second kappa shape index (κ2) is 13.7. The maximum absolute atomic E-state index is 12.5. The number of anilines is 2. The summed E-state index contributed by atoms with van der Waals surface area (Å²) in [6, 6.07) is 11.2. The van der Waals surface area contributed by atoms with Gasteiger partial charge in [-0.25, -0.2) is 0 Å². The summed E-state index contributed by atoms with van der Waals surface area (Å²) in [6.07, 6.45) is 4.38. The van der Waals surface area contributed by atoms with Crippen LogP contribution in [0.15, 0.2) is 36.4 Å². The number of amides is 2. The number of ether oxygens (including phenoxy) is 1. The van der Waals surface area contributed by atoms with E-state index in [1.807, 2.05) is 51.1 Å². The third-order valence-electron chi connectivity index (χ3n) is 5.20. The molecule has 10 nitrogen and oxygen atoms in total. The molecule has 38 heavy (non-hydrogen) atoms. The van der Waals surface area contributed by atoms with Gasteiger partial charge in [-0.1, -0.05) is 35.6 Å². The van der Waals surface area contributed by atoms with E-state index in [1.54, 1.807) is 6.07 Å². The molecule has 1 aromatic carbocycles. The maximum atomic E-state index is 12.5. The molecule has 3 aromatic rings. The Morgan fingerprint density at radius 2 is 1.66 bits per heavy atom. The number of carbonyl (C=O) groups excluding carboxylic acids is 3. The van der Waals surface area contributed by atoms with E-state index in [1.165, 1.54) is 18.3 Å². The molecule has 2 amide bonds. The van der Waals surface area contributed by atoms with Gasteiger partial charge in [-0.2, -0.15) is 5.10 Å². The summed E-state index contributed by atoms with van der Waals surface area (Å²) in [6.45, 7) is 6.98. The van der Waals surface area contributed by atoms with Crippen LogP contribution in [0.4, 0.5) is 10.9 Å². The van der Waals surface area contributed by atoms with Gasteiger partial charge in [-0.3, -0.25) is 14.4 Å². The van der Waals surface area contributed by atoms with Crippen LogP contribution in [0.2, 0.25) is 0 Å². The molecule has 11 heteroatoms. The van der Waals surface area contributed by atoms with E-state index in [-0.39, 0.29) is 30.6 Å². The Kier molecular flexibility index (Phi) is 10.4. The zero-order valence-electron chi connectivity index (χ0n) is 22.2. The highest BCUT2D eigenvalue weighted by molar-refractivity contribution is 7.15. The van der Waals surface area contributed by atoms with Gasteiger partial charge in [0.2, 0.25) is 16.9 Å². The van der Waals surface area contributed by atoms with E-state index >= 15 is 0 Å². The topological polar surface area (TPSA) is 136 Å². The van der Waals surface area contributed by atoms with Gasteiger partial charge in [0.15, 0.2) is 5.82 Å². The lowest BCUT2D eigenvalue weighted by Gasteiger charge is -2.19. The number of hydrogen-bond donors (Lipinski definition) is 2. The number of aromatic nitrogens is 4. The molecule has 0 aliphatic carbocycles. The van der Waals surface area contributed by atoms with Gasteiger partial charge >= 0.3 is 5.97 Å². The van der Waals surface area contributed by atoms with Crippen LogP contribution < -0.4 is 10.6 Å². The van der Waals surface area contributed by atoms with Crippen LogP contribution in [0.3, 0.4) is 0 Å². The van der Waals surface area contributed by atoms with Crippen LogP contribution in [-0.4, -0.2) is 43.8 Å². The van der Waals surface area contributed by atoms with Gasteiger partial charge in [0.1, 0.15) is 10.6 Å². The zero-order chi connectivity index (χ0) is 27.5. The number of rotatable bonds is 12. The molecule has 0 saturated heterocycles. The SMILES string of the molecule is CC(=O)Nc1nnc(CCCCc2ccc(NC(=O)Cc3cccc(CCC(=O)OC(C)(C)C)c3)nn2)s1. The molecule has 0 spiro atoms. The zero-order valence-corrected chi connectivity index (χ0v) is 23.1. The highest BCUT2D eigenvalue weighted by Crippen LogP contribution is 2.18. The molecule has 2 heterocycles. The van der Waals surface area contributed by atoms with Gasteiger partial charge < -0.3 is 15.4 Å². The second-order valence-corrected chi connectivity index (χ2v) is 11.0. The van der Waals surface area contributed by atoms with Crippen molar-refractivity contribution >= 4 is 40.1 Å². The molecule has 2 aromatic heterocycles. The van der Waals surface area contributed by atoms with E-state index in [4.69, 9.17) is 4.74 Å². The molecule has 0 fully saturated rings. The van der Waals surface area contributed by atoms with Crippen LogP contribution in [0.25, 0.3) is 0 Å². The highest BCUT2D eigenvalue weighted by atomic mass is 32.1. The second-order valence-electron chi connectivity index (χ2n) is 9.93. The molecule has 202 valence electrons. The molecule has 0 saturated carbocycles. The van der Waals surface area contributed by atoms with Crippen LogP contribution >= 0.6 is 11.3 Å². The molecule has 2 N–H and O–H groups in total. The number of benzene rings is 1. The predicted octanol–water partition coefficient (Wildman–Crippen LogP) is 4.31. The molecule has 0 aliphatic rings. The summed E-state index contributed by atoms with van der Waals surface area (Å²) in [5.74, 6) is -0.185. The van der Waals surface area contributed by atoms with Gasteiger partial charge in [0.25, 0.3) is 0 Å². The fourth-order valence-corrected chi connectivity index (χ4v) is 4.43. The van der Waals surface area contributed by atoms with Crippen LogP contribution in [0, 0.1) is 0 Å². The van der Waals surface area contributed by atoms with E-state index in [2.05, 4.69) is 31.0 Å². The molecular formula is C27H34N6O4S. The lowest BCUT2D eigenvalue weighted by atomic mass is 10.0. The predicted molar refractivity (Wildman–Crippen MR) is 146 cm³/mol. The van der Waals surface area contributed by atoms with Crippen LogP contribution in [-0.2, 0) is 44.8 Å². The first-order valence-corrected chi connectivity index (χ1v) is 13.4. The Balaban J connectivity index is 1.39. The van der Waals surface area contributed by atoms with Crippen molar-refractivity contribution in [3.8, 4) is 0 Å². The Bertz CT molecular complexity index is 1240. The third-order valence-corrected chi connectivity index (χ3v) is 6.10. The number of hydrogen-bond acceptors (Lipinski definition) is 9. The van der Waals surface area contributed by atoms with E-state index in [9.17, 15) is 14.4 Å². The van der Waals surface area contributed by atoms with Crippen molar-refractivity contribution < 1.29 is 19.1 Å². The smallest absolute Gasteiger partial charge is 0.306 e. The van der Waals surface area contributed by atoms with Crippen LogP contribution in [0.5, 0.6) is 0 Å². The summed E-state index contributed by atoms with van der Waals surface area (Å²) in [5.41, 5.74) is 2.17. The fourth-order valence-electron chi connectivity index (χ4n) is 3.60. The number of carbonyl (C=O) groups is 3. The highest BCUT2D eigenvalue weighted by Gasteiger charge is 2.16. The number of esters is 1. The van der Waals surface area contributed by atoms with Gasteiger partial charge in [-0.05, 0) is 69.7 Å². The van der Waals surface area contributed by atoms with Crippen LogP contribution in [0.1, 0.15) is 68.8 Å². The Hall–Kier alpha value is -3.73. The summed E-state index contributed by atoms with van der Waals surface area (Å²) in [5, 5.41) is 23.2. The Morgan fingerprint density at radius 1 is 0.895 bits per heavy atom. The van der Waals surface area contributed by atoms with Crippen molar-refractivity contribution in [2.75, 3.05) is 10.6 Å². The Morgan fingerprint density at radius 3 is 2.37 bits per heavy atom. The monoisotopic (exact) mass is 538 g/mol. The van der Waals surface area contributed by atoms with E-state index in [0.29, 0.717) is 17.4 Å². The summed E-state index contributed by atoms with van der Waals surface area (Å²) >= 11 is 1.38. The van der Waals surface area contributed by atoms with Gasteiger partial charge in [-0.15, -0.1) is 15.3 Å². The first kappa shape index (κ1) is 28.8. The first-order chi connectivity index (χ1) is 18.1. The number of unbranched alkanes of at least 4 members (excludes halogenated alkanes) is 1. The van der Waals surface area contributed by atoms with Gasteiger partial charge in [0, 0.05) is 19.8 Å². The standard InChI is InChI=1S/C27H34N6O4S/c1-18(34)28-26-33-32-24(38-26)11-6-5-10-21-13-14-22(31-30-21)29-23(35)17-20-9-7-8-19(16-20)12-15-25(36)37-27(2,3)4/h7-9,13-14,16H,5-6,10-12,15,17H2,1-4H3,(H,28,33,34)(H,29,31,35). The number of nitrogens with one attached hydrogen (secondary N) is 2. The van der Waals surface area contributed by atoms with Crippen molar-refractivity contribution in [3.05, 3.63) is 58.2 Å². The molecule has 0 radical (unpaired) electrons. The molecular weight excluding hydrogens is 504 g/mol. The molecule has 3 rings (SSSR count).